The maximum absolute atomic E-state index is 12.7. The molecular formula is C24H17Cl3N2O2. The average molecular weight is 472 g/mol. The molecule has 7 heteroatoms. The molecule has 0 aliphatic heterocycles. The van der Waals surface area contributed by atoms with Gasteiger partial charge < -0.3 is 10.1 Å². The van der Waals surface area contributed by atoms with Crippen molar-refractivity contribution in [2.24, 2.45) is 0 Å². The molecule has 0 aliphatic rings. The van der Waals surface area contributed by atoms with Gasteiger partial charge in [0, 0.05) is 10.7 Å². The molecule has 0 atom stereocenters. The molecule has 156 valence electrons. The fraction of sp³-hybridized carbons (Fsp3) is 0.0833. The molecule has 0 aromatic heterocycles. The second-order valence-electron chi connectivity index (χ2n) is 6.59. The smallest absolute Gasteiger partial charge is 0.266 e. The average Bonchev–Trinajstić information content (AvgIpc) is 2.76. The first-order valence-corrected chi connectivity index (χ1v) is 10.3. The molecule has 3 aromatic rings. The van der Waals surface area contributed by atoms with Crippen LogP contribution in [0.2, 0.25) is 15.1 Å². The summed E-state index contributed by atoms with van der Waals surface area (Å²) in [4.78, 5) is 12.7. The van der Waals surface area contributed by atoms with Crippen molar-refractivity contribution in [3.8, 4) is 11.8 Å². The van der Waals surface area contributed by atoms with E-state index in [1.165, 1.54) is 6.07 Å². The van der Waals surface area contributed by atoms with Crippen molar-refractivity contribution >= 4 is 52.5 Å². The summed E-state index contributed by atoms with van der Waals surface area (Å²) in [6, 6.07) is 19.6. The lowest BCUT2D eigenvalue weighted by atomic mass is 9.97. The quantitative estimate of drug-likeness (QED) is 0.318. The predicted molar refractivity (Wildman–Crippen MR) is 126 cm³/mol. The van der Waals surface area contributed by atoms with Gasteiger partial charge in [-0.15, -0.1) is 0 Å². The number of hydrogen-bond donors (Lipinski definition) is 1. The zero-order valence-electron chi connectivity index (χ0n) is 16.5. The Labute approximate surface area is 195 Å². The molecule has 1 amide bonds. The van der Waals surface area contributed by atoms with E-state index >= 15 is 0 Å². The van der Waals surface area contributed by atoms with Gasteiger partial charge in [-0.2, -0.15) is 5.26 Å². The van der Waals surface area contributed by atoms with E-state index in [0.717, 1.165) is 11.1 Å². The number of nitriles is 1. The summed E-state index contributed by atoms with van der Waals surface area (Å²) in [6.45, 7) is 0. The molecule has 0 saturated heterocycles. The maximum atomic E-state index is 12.7. The molecule has 0 heterocycles. The first-order valence-electron chi connectivity index (χ1n) is 9.19. The van der Waals surface area contributed by atoms with Crippen LogP contribution in [-0.4, -0.2) is 13.0 Å². The Kier molecular flexibility index (Phi) is 7.59. The molecule has 3 aromatic carbocycles. The molecular weight excluding hydrogens is 455 g/mol. The highest BCUT2D eigenvalue weighted by atomic mass is 35.5. The number of benzene rings is 3. The first kappa shape index (κ1) is 22.7. The van der Waals surface area contributed by atoms with Gasteiger partial charge >= 0.3 is 0 Å². The lowest BCUT2D eigenvalue weighted by Crippen LogP contribution is -2.13. The van der Waals surface area contributed by atoms with Crippen LogP contribution >= 0.6 is 34.8 Å². The Balaban J connectivity index is 1.93. The summed E-state index contributed by atoms with van der Waals surface area (Å²) >= 11 is 18.2. The van der Waals surface area contributed by atoms with Gasteiger partial charge in [-0.1, -0.05) is 59.1 Å². The third-order valence-corrected chi connectivity index (χ3v) is 5.64. The van der Waals surface area contributed by atoms with Gasteiger partial charge in [0.05, 0.1) is 17.2 Å². The topological polar surface area (TPSA) is 62.1 Å². The van der Waals surface area contributed by atoms with E-state index in [-0.39, 0.29) is 5.57 Å². The molecule has 0 bridgehead atoms. The fourth-order valence-corrected chi connectivity index (χ4v) is 3.43. The number of ether oxygens (including phenoxy) is 1. The van der Waals surface area contributed by atoms with Gasteiger partial charge in [-0.05, 0) is 65.6 Å². The molecule has 0 aliphatic carbocycles. The number of nitrogens with zero attached hydrogens (tertiary/aromatic N) is 1. The Morgan fingerprint density at radius 3 is 2.45 bits per heavy atom. The second kappa shape index (κ2) is 10.4. The van der Waals surface area contributed by atoms with Crippen LogP contribution in [0.1, 0.15) is 16.7 Å². The minimum atomic E-state index is -0.555. The first-order chi connectivity index (χ1) is 14.9. The second-order valence-corrected chi connectivity index (χ2v) is 7.81. The van der Waals surface area contributed by atoms with Gasteiger partial charge in [-0.25, -0.2) is 0 Å². The summed E-state index contributed by atoms with van der Waals surface area (Å²) in [7, 11) is 1.58. The third kappa shape index (κ3) is 5.80. The summed E-state index contributed by atoms with van der Waals surface area (Å²) in [6.07, 6.45) is 2.05. The van der Waals surface area contributed by atoms with Crippen molar-refractivity contribution in [2.75, 3.05) is 12.4 Å². The van der Waals surface area contributed by atoms with Crippen LogP contribution in [0, 0.1) is 11.3 Å². The maximum Gasteiger partial charge on any atom is 0.266 e. The Hall–Kier alpha value is -2.97. The normalized spacial score (nSPS) is 11.0. The van der Waals surface area contributed by atoms with E-state index < -0.39 is 5.91 Å². The summed E-state index contributed by atoms with van der Waals surface area (Å²) in [5, 5.41) is 13.6. The number of carbonyl (C=O) groups excluding carboxylic acids is 1. The number of amides is 1. The van der Waals surface area contributed by atoms with Crippen LogP contribution in [0.15, 0.2) is 66.2 Å². The Morgan fingerprint density at radius 2 is 1.77 bits per heavy atom. The van der Waals surface area contributed by atoms with E-state index in [2.05, 4.69) is 5.32 Å². The molecule has 0 saturated carbocycles. The monoisotopic (exact) mass is 470 g/mol. The van der Waals surface area contributed by atoms with Crippen molar-refractivity contribution < 1.29 is 9.53 Å². The van der Waals surface area contributed by atoms with Crippen LogP contribution in [0.3, 0.4) is 0 Å². The lowest BCUT2D eigenvalue weighted by Gasteiger charge is -2.11. The number of anilines is 1. The number of rotatable bonds is 6. The van der Waals surface area contributed by atoms with Crippen molar-refractivity contribution in [1.82, 2.24) is 0 Å². The predicted octanol–water partition coefficient (Wildman–Crippen LogP) is 6.79. The lowest BCUT2D eigenvalue weighted by molar-refractivity contribution is -0.112. The van der Waals surface area contributed by atoms with E-state index in [0.29, 0.717) is 38.5 Å². The van der Waals surface area contributed by atoms with Crippen molar-refractivity contribution in [2.45, 2.75) is 6.42 Å². The van der Waals surface area contributed by atoms with Crippen LogP contribution in [0.5, 0.6) is 5.75 Å². The fourth-order valence-electron chi connectivity index (χ4n) is 2.93. The molecule has 0 radical (unpaired) electrons. The zero-order chi connectivity index (χ0) is 22.4. The van der Waals surface area contributed by atoms with E-state index in [9.17, 15) is 10.1 Å². The molecule has 4 nitrogen and oxygen atoms in total. The summed E-state index contributed by atoms with van der Waals surface area (Å²) in [5.74, 6) is 0.110. The number of halogens is 3. The summed E-state index contributed by atoms with van der Waals surface area (Å²) in [5.41, 5.74) is 2.87. The number of carbonyl (C=O) groups is 1. The van der Waals surface area contributed by atoms with Gasteiger partial charge in [0.2, 0.25) is 0 Å². The molecule has 0 fully saturated rings. The van der Waals surface area contributed by atoms with Crippen LogP contribution < -0.4 is 10.1 Å². The van der Waals surface area contributed by atoms with Crippen LogP contribution in [-0.2, 0) is 11.2 Å². The highest BCUT2D eigenvalue weighted by Crippen LogP contribution is 2.27. The molecule has 31 heavy (non-hydrogen) atoms. The summed E-state index contributed by atoms with van der Waals surface area (Å²) < 4.78 is 5.34. The van der Waals surface area contributed by atoms with Crippen LogP contribution in [0.25, 0.3) is 6.08 Å². The largest absolute Gasteiger partial charge is 0.497 e. The van der Waals surface area contributed by atoms with Gasteiger partial charge in [-0.3, -0.25) is 4.79 Å². The third-order valence-electron chi connectivity index (χ3n) is 4.53. The van der Waals surface area contributed by atoms with Gasteiger partial charge in [0.15, 0.2) is 0 Å². The Bertz CT molecular complexity index is 1200. The number of nitrogens with one attached hydrogen (secondary N) is 1. The van der Waals surface area contributed by atoms with Gasteiger partial charge in [0.25, 0.3) is 5.91 Å². The van der Waals surface area contributed by atoms with Crippen molar-refractivity contribution in [1.29, 1.82) is 5.26 Å². The van der Waals surface area contributed by atoms with Crippen molar-refractivity contribution in [3.05, 3.63) is 98.0 Å². The zero-order valence-corrected chi connectivity index (χ0v) is 18.7. The minimum absolute atomic E-state index is 0.0587. The van der Waals surface area contributed by atoms with Crippen molar-refractivity contribution in [3.63, 3.8) is 0 Å². The SMILES string of the molecule is COc1ccc(/C=C(\C#N)C(=O)Nc2ccc(Cl)c(Cl)c2)c(Cc2ccccc2Cl)c1. The molecule has 3 rings (SSSR count). The number of methoxy groups -OCH3 is 1. The Morgan fingerprint density at radius 1 is 1.00 bits per heavy atom. The van der Waals surface area contributed by atoms with E-state index in [1.807, 2.05) is 36.4 Å². The molecule has 1 N–H and O–H groups in total. The van der Waals surface area contributed by atoms with E-state index in [1.54, 1.807) is 37.5 Å². The number of hydrogen-bond acceptors (Lipinski definition) is 3. The minimum Gasteiger partial charge on any atom is -0.497 e. The standard InChI is InChI=1S/C24H17Cl3N2O2/c1-31-20-8-6-15(17(12-20)11-16-4-2-3-5-21(16)25)10-18(14-28)24(30)29-19-7-9-22(26)23(27)13-19/h2-10,12-13H,11H2,1H3,(H,29,30)/b18-10+. The van der Waals surface area contributed by atoms with Crippen LogP contribution in [0.4, 0.5) is 5.69 Å². The molecule has 0 spiro atoms. The highest BCUT2D eigenvalue weighted by molar-refractivity contribution is 6.42. The van der Waals surface area contributed by atoms with Gasteiger partial charge in [0.1, 0.15) is 17.4 Å². The molecule has 0 unspecified atom stereocenters. The van der Waals surface area contributed by atoms with E-state index in [4.69, 9.17) is 39.5 Å². The highest BCUT2D eigenvalue weighted by Gasteiger charge is 2.13.